The molecule has 0 spiro atoms. The summed E-state index contributed by atoms with van der Waals surface area (Å²) in [6.07, 6.45) is 0. The van der Waals surface area contributed by atoms with Crippen molar-refractivity contribution >= 4 is 32.5 Å². The molecule has 2 atom stereocenters. The summed E-state index contributed by atoms with van der Waals surface area (Å²) in [7, 11) is -3.00. The van der Waals surface area contributed by atoms with Crippen molar-refractivity contribution in [2.75, 3.05) is 16.4 Å². The van der Waals surface area contributed by atoms with Gasteiger partial charge in [-0.15, -0.1) is 0 Å². The van der Waals surface area contributed by atoms with E-state index in [0.717, 1.165) is 17.0 Å². The number of amidine groups is 1. The van der Waals surface area contributed by atoms with E-state index in [1.165, 1.54) is 11.8 Å². The first-order chi connectivity index (χ1) is 12.0. The standard InChI is InChI=1S/C18H18N2O3S2/c19-18-20(16-11-25(21,22)12-17(16)24-18)14-6-8-15(9-7-14)23-10-13-4-2-1-3-5-13/h1-9,16-17,19H,10-12H2/t16-,17+/m1/s1. The average molecular weight is 374 g/mol. The van der Waals surface area contributed by atoms with Crippen molar-refractivity contribution < 1.29 is 13.2 Å². The lowest BCUT2D eigenvalue weighted by molar-refractivity contribution is 0.306. The molecule has 130 valence electrons. The molecule has 2 heterocycles. The molecular weight excluding hydrogens is 356 g/mol. The maximum atomic E-state index is 11.9. The molecule has 2 aliphatic heterocycles. The Morgan fingerprint density at radius 3 is 2.52 bits per heavy atom. The predicted molar refractivity (Wildman–Crippen MR) is 101 cm³/mol. The van der Waals surface area contributed by atoms with Gasteiger partial charge in [0, 0.05) is 10.9 Å². The fourth-order valence-corrected chi connectivity index (χ4v) is 7.05. The van der Waals surface area contributed by atoms with E-state index in [2.05, 4.69) is 0 Å². The number of hydrogen-bond donors (Lipinski definition) is 1. The highest BCUT2D eigenvalue weighted by Crippen LogP contribution is 2.40. The third kappa shape index (κ3) is 3.39. The number of anilines is 1. The van der Waals surface area contributed by atoms with Crippen LogP contribution in [0, 0.1) is 5.41 Å². The van der Waals surface area contributed by atoms with E-state index in [4.69, 9.17) is 10.1 Å². The molecule has 25 heavy (non-hydrogen) atoms. The number of fused-ring (bicyclic) bond motifs is 1. The summed E-state index contributed by atoms with van der Waals surface area (Å²) < 4.78 is 29.5. The molecular formula is C18H18N2O3S2. The molecule has 2 saturated heterocycles. The van der Waals surface area contributed by atoms with E-state index in [-0.39, 0.29) is 22.8 Å². The molecule has 2 aromatic rings. The maximum Gasteiger partial charge on any atom is 0.161 e. The average Bonchev–Trinajstić information content (AvgIpc) is 3.04. The van der Waals surface area contributed by atoms with Crippen LogP contribution in [0.3, 0.4) is 0 Å². The molecule has 2 aliphatic rings. The van der Waals surface area contributed by atoms with Crippen LogP contribution in [0.1, 0.15) is 5.56 Å². The van der Waals surface area contributed by atoms with E-state index in [9.17, 15) is 8.42 Å². The molecule has 0 unspecified atom stereocenters. The van der Waals surface area contributed by atoms with Gasteiger partial charge in [0.15, 0.2) is 15.0 Å². The highest BCUT2D eigenvalue weighted by Gasteiger charge is 2.48. The second-order valence-corrected chi connectivity index (χ2v) is 9.63. The Hall–Kier alpha value is -1.99. The first kappa shape index (κ1) is 16.5. The first-order valence-corrected chi connectivity index (χ1v) is 10.7. The number of benzene rings is 2. The summed E-state index contributed by atoms with van der Waals surface area (Å²) in [6, 6.07) is 17.3. The van der Waals surface area contributed by atoms with Gasteiger partial charge in [0.05, 0.1) is 17.5 Å². The van der Waals surface area contributed by atoms with Crippen LogP contribution in [-0.4, -0.2) is 36.4 Å². The Kier molecular flexibility index (Phi) is 4.21. The molecule has 0 aliphatic carbocycles. The largest absolute Gasteiger partial charge is 0.489 e. The smallest absolute Gasteiger partial charge is 0.161 e. The Labute approximate surface area is 151 Å². The monoisotopic (exact) mass is 374 g/mol. The van der Waals surface area contributed by atoms with Crippen LogP contribution in [0.4, 0.5) is 5.69 Å². The molecule has 5 nitrogen and oxygen atoms in total. The minimum Gasteiger partial charge on any atom is -0.489 e. The maximum absolute atomic E-state index is 11.9. The zero-order valence-corrected chi connectivity index (χ0v) is 15.1. The van der Waals surface area contributed by atoms with Crippen LogP contribution >= 0.6 is 11.8 Å². The van der Waals surface area contributed by atoms with Gasteiger partial charge in [-0.2, -0.15) is 0 Å². The zero-order valence-electron chi connectivity index (χ0n) is 13.5. The number of thioether (sulfide) groups is 1. The normalized spacial score (nSPS) is 24.3. The molecule has 7 heteroatoms. The molecule has 4 rings (SSSR count). The number of sulfone groups is 1. The summed E-state index contributed by atoms with van der Waals surface area (Å²) in [6.45, 7) is 0.499. The lowest BCUT2D eigenvalue weighted by Gasteiger charge is -2.24. The van der Waals surface area contributed by atoms with E-state index in [1.54, 1.807) is 0 Å². The van der Waals surface area contributed by atoms with Gasteiger partial charge in [-0.1, -0.05) is 42.1 Å². The summed E-state index contributed by atoms with van der Waals surface area (Å²) in [5, 5.41) is 8.56. The molecule has 0 aromatic heterocycles. The second kappa shape index (κ2) is 6.38. The minimum atomic E-state index is -3.00. The highest BCUT2D eigenvalue weighted by molar-refractivity contribution is 8.15. The molecule has 0 amide bonds. The van der Waals surface area contributed by atoms with Gasteiger partial charge in [-0.05, 0) is 29.8 Å². The van der Waals surface area contributed by atoms with Gasteiger partial charge in [-0.25, -0.2) is 8.42 Å². The third-order valence-corrected chi connectivity index (χ3v) is 7.58. The summed E-state index contributed by atoms with van der Waals surface area (Å²) >= 11 is 1.35. The lowest BCUT2D eigenvalue weighted by Crippen LogP contribution is -2.37. The van der Waals surface area contributed by atoms with Crippen LogP contribution in [0.2, 0.25) is 0 Å². The van der Waals surface area contributed by atoms with Gasteiger partial charge in [0.25, 0.3) is 0 Å². The van der Waals surface area contributed by atoms with Gasteiger partial charge < -0.3 is 9.64 Å². The summed E-state index contributed by atoms with van der Waals surface area (Å²) in [4.78, 5) is 1.83. The second-order valence-electron chi connectivity index (χ2n) is 6.24. The van der Waals surface area contributed by atoms with E-state index < -0.39 is 9.84 Å². The van der Waals surface area contributed by atoms with Crippen LogP contribution in [0.5, 0.6) is 5.75 Å². The quantitative estimate of drug-likeness (QED) is 0.891. The highest BCUT2D eigenvalue weighted by atomic mass is 32.2. The van der Waals surface area contributed by atoms with E-state index in [0.29, 0.717) is 11.8 Å². The summed E-state index contributed by atoms with van der Waals surface area (Å²) in [5.74, 6) is 1.04. The Morgan fingerprint density at radius 1 is 1.08 bits per heavy atom. The summed E-state index contributed by atoms with van der Waals surface area (Å²) in [5.41, 5.74) is 1.94. The third-order valence-electron chi connectivity index (χ3n) is 4.45. The van der Waals surface area contributed by atoms with Gasteiger partial charge >= 0.3 is 0 Å². The van der Waals surface area contributed by atoms with Crippen molar-refractivity contribution in [1.82, 2.24) is 0 Å². The SMILES string of the molecule is N=C1S[C@H]2CS(=O)(=O)C[C@H]2N1c1ccc(OCc2ccccc2)cc1. The predicted octanol–water partition coefficient (Wildman–Crippen LogP) is 2.92. The van der Waals surface area contributed by atoms with Crippen molar-refractivity contribution in [3.8, 4) is 5.75 Å². The fraction of sp³-hybridized carbons (Fsp3) is 0.278. The number of rotatable bonds is 4. The van der Waals surface area contributed by atoms with Crippen LogP contribution in [0.15, 0.2) is 54.6 Å². The van der Waals surface area contributed by atoms with Gasteiger partial charge in [-0.3, -0.25) is 5.41 Å². The lowest BCUT2D eigenvalue weighted by atomic mass is 10.2. The molecule has 0 radical (unpaired) electrons. The van der Waals surface area contributed by atoms with Crippen LogP contribution in [0.25, 0.3) is 0 Å². The van der Waals surface area contributed by atoms with Gasteiger partial charge in [0.1, 0.15) is 12.4 Å². The minimum absolute atomic E-state index is 0.0356. The number of nitrogens with one attached hydrogen (secondary N) is 1. The Morgan fingerprint density at radius 2 is 1.80 bits per heavy atom. The first-order valence-electron chi connectivity index (χ1n) is 8.03. The number of ether oxygens (including phenoxy) is 1. The topological polar surface area (TPSA) is 70.5 Å². The van der Waals surface area contributed by atoms with Crippen molar-refractivity contribution in [3.63, 3.8) is 0 Å². The molecule has 2 aromatic carbocycles. The zero-order chi connectivity index (χ0) is 17.4. The number of hydrogen-bond acceptors (Lipinski definition) is 5. The fourth-order valence-electron chi connectivity index (χ4n) is 3.25. The van der Waals surface area contributed by atoms with E-state index in [1.807, 2.05) is 59.5 Å². The molecule has 0 bridgehead atoms. The molecule has 1 N–H and O–H groups in total. The van der Waals surface area contributed by atoms with Crippen molar-refractivity contribution in [1.29, 1.82) is 5.41 Å². The number of nitrogens with zero attached hydrogens (tertiary/aromatic N) is 1. The van der Waals surface area contributed by atoms with E-state index >= 15 is 0 Å². The Bertz CT molecular complexity index is 882. The van der Waals surface area contributed by atoms with Crippen LogP contribution in [-0.2, 0) is 16.4 Å². The van der Waals surface area contributed by atoms with Crippen molar-refractivity contribution in [2.24, 2.45) is 0 Å². The van der Waals surface area contributed by atoms with Crippen molar-refractivity contribution in [3.05, 3.63) is 60.2 Å². The van der Waals surface area contributed by atoms with Crippen LogP contribution < -0.4 is 9.64 Å². The molecule has 0 saturated carbocycles. The van der Waals surface area contributed by atoms with Gasteiger partial charge in [0.2, 0.25) is 0 Å². The molecule has 2 fully saturated rings. The Balaban J connectivity index is 1.47. The van der Waals surface area contributed by atoms with Crippen molar-refractivity contribution in [2.45, 2.75) is 17.9 Å².